The molecule has 18 heavy (non-hydrogen) atoms. The minimum atomic E-state index is -0.539. The van der Waals surface area contributed by atoms with E-state index in [-0.39, 0.29) is 5.69 Å². The maximum absolute atomic E-state index is 11.4. The fraction of sp³-hybridized carbons (Fsp3) is 0.0909. The van der Waals surface area contributed by atoms with Gasteiger partial charge in [-0.1, -0.05) is 29.0 Å². The van der Waals surface area contributed by atoms with Crippen LogP contribution in [0.25, 0.3) is 10.6 Å². The molecule has 0 spiro atoms. The number of benzene rings is 1. The van der Waals surface area contributed by atoms with Gasteiger partial charge in [-0.05, 0) is 28.1 Å². The van der Waals surface area contributed by atoms with Gasteiger partial charge in [0.2, 0.25) is 0 Å². The standard InChI is InChI=1S/C11H8BrClN2O2S/c1-17-11(16)8-9(14)18-10(15-8)5-2-3-7(13)6(12)4-5/h2-4H,14H2,1H3. The number of nitrogens with zero attached hydrogens (tertiary/aromatic N) is 1. The quantitative estimate of drug-likeness (QED) is 0.843. The highest BCUT2D eigenvalue weighted by atomic mass is 79.9. The third-order valence-electron chi connectivity index (χ3n) is 2.20. The third kappa shape index (κ3) is 2.50. The molecule has 94 valence electrons. The lowest BCUT2D eigenvalue weighted by atomic mass is 10.2. The molecule has 7 heteroatoms. The number of halogens is 2. The van der Waals surface area contributed by atoms with E-state index >= 15 is 0 Å². The van der Waals surface area contributed by atoms with E-state index in [1.807, 2.05) is 12.1 Å². The maximum Gasteiger partial charge on any atom is 0.359 e. The van der Waals surface area contributed by atoms with Crippen LogP contribution in [-0.4, -0.2) is 18.1 Å². The normalized spacial score (nSPS) is 10.4. The van der Waals surface area contributed by atoms with Crippen LogP contribution in [0, 0.1) is 0 Å². The first kappa shape index (κ1) is 13.3. The lowest BCUT2D eigenvalue weighted by Crippen LogP contribution is -2.04. The highest BCUT2D eigenvalue weighted by molar-refractivity contribution is 9.10. The number of ether oxygens (including phenoxy) is 1. The van der Waals surface area contributed by atoms with E-state index in [2.05, 4.69) is 25.7 Å². The molecule has 0 unspecified atom stereocenters. The lowest BCUT2D eigenvalue weighted by Gasteiger charge is -1.99. The molecule has 0 aliphatic carbocycles. The zero-order valence-corrected chi connectivity index (χ0v) is 12.4. The van der Waals surface area contributed by atoms with E-state index in [0.717, 1.165) is 10.0 Å². The van der Waals surface area contributed by atoms with E-state index in [9.17, 15) is 4.79 Å². The van der Waals surface area contributed by atoms with Gasteiger partial charge < -0.3 is 10.5 Å². The van der Waals surface area contributed by atoms with Crippen LogP contribution in [0.5, 0.6) is 0 Å². The SMILES string of the molecule is COC(=O)c1nc(-c2ccc(Cl)c(Br)c2)sc1N. The van der Waals surface area contributed by atoms with Crippen molar-refractivity contribution in [3.63, 3.8) is 0 Å². The van der Waals surface area contributed by atoms with Crippen LogP contribution >= 0.6 is 38.9 Å². The number of esters is 1. The molecule has 1 heterocycles. The number of anilines is 1. The minimum Gasteiger partial charge on any atom is -0.464 e. The number of nitrogen functional groups attached to an aromatic ring is 1. The Morgan fingerprint density at radius 1 is 1.56 bits per heavy atom. The van der Waals surface area contributed by atoms with Crippen LogP contribution < -0.4 is 5.73 Å². The van der Waals surface area contributed by atoms with Gasteiger partial charge in [0.1, 0.15) is 10.0 Å². The summed E-state index contributed by atoms with van der Waals surface area (Å²) in [7, 11) is 1.29. The van der Waals surface area contributed by atoms with Crippen LogP contribution in [-0.2, 0) is 4.74 Å². The summed E-state index contributed by atoms with van der Waals surface area (Å²) in [4.78, 5) is 15.6. The Balaban J connectivity index is 2.45. The summed E-state index contributed by atoms with van der Waals surface area (Å²) in [6, 6.07) is 5.38. The number of carbonyl (C=O) groups excluding carboxylic acids is 1. The zero-order chi connectivity index (χ0) is 13.3. The van der Waals surface area contributed by atoms with Crippen molar-refractivity contribution in [2.75, 3.05) is 12.8 Å². The predicted octanol–water partition coefficient (Wildman–Crippen LogP) is 3.59. The van der Waals surface area contributed by atoms with Crippen LogP contribution in [0.1, 0.15) is 10.5 Å². The fourth-order valence-corrected chi connectivity index (χ4v) is 2.64. The smallest absolute Gasteiger partial charge is 0.359 e. The molecular formula is C11H8BrClN2O2S. The zero-order valence-electron chi connectivity index (χ0n) is 9.24. The van der Waals surface area contributed by atoms with Gasteiger partial charge in [0.15, 0.2) is 5.69 Å². The Kier molecular flexibility index (Phi) is 3.89. The monoisotopic (exact) mass is 346 g/mol. The Bertz CT molecular complexity index is 615. The highest BCUT2D eigenvalue weighted by Gasteiger charge is 2.17. The Hall–Kier alpha value is -1.11. The van der Waals surface area contributed by atoms with Crippen molar-refractivity contribution in [2.45, 2.75) is 0 Å². The molecule has 0 saturated heterocycles. The third-order valence-corrected chi connectivity index (χ3v) is 4.35. The van der Waals surface area contributed by atoms with Gasteiger partial charge in [-0.25, -0.2) is 9.78 Å². The number of hydrogen-bond donors (Lipinski definition) is 1. The number of methoxy groups -OCH3 is 1. The van der Waals surface area contributed by atoms with Gasteiger partial charge in [0, 0.05) is 10.0 Å². The number of hydrogen-bond acceptors (Lipinski definition) is 5. The summed E-state index contributed by atoms with van der Waals surface area (Å²) >= 11 is 10.5. The largest absolute Gasteiger partial charge is 0.464 e. The molecular weight excluding hydrogens is 340 g/mol. The van der Waals surface area contributed by atoms with Gasteiger partial charge in [0.25, 0.3) is 0 Å². The van der Waals surface area contributed by atoms with Crippen molar-refractivity contribution < 1.29 is 9.53 Å². The van der Waals surface area contributed by atoms with Crippen molar-refractivity contribution in [3.8, 4) is 10.6 Å². The summed E-state index contributed by atoms with van der Waals surface area (Å²) in [6.45, 7) is 0. The summed E-state index contributed by atoms with van der Waals surface area (Å²) < 4.78 is 5.36. The first-order valence-corrected chi connectivity index (χ1v) is 6.81. The van der Waals surface area contributed by atoms with E-state index in [4.69, 9.17) is 17.3 Å². The van der Waals surface area contributed by atoms with Crippen molar-refractivity contribution in [3.05, 3.63) is 33.4 Å². The van der Waals surface area contributed by atoms with E-state index in [0.29, 0.717) is 15.0 Å². The van der Waals surface area contributed by atoms with Gasteiger partial charge in [-0.3, -0.25) is 0 Å². The van der Waals surface area contributed by atoms with Gasteiger partial charge in [-0.2, -0.15) is 0 Å². The molecule has 1 aromatic heterocycles. The molecule has 2 rings (SSSR count). The molecule has 1 aromatic carbocycles. The lowest BCUT2D eigenvalue weighted by molar-refractivity contribution is 0.0596. The number of carbonyl (C=O) groups is 1. The second-order valence-electron chi connectivity index (χ2n) is 3.35. The second kappa shape index (κ2) is 5.26. The second-order valence-corrected chi connectivity index (χ2v) is 5.64. The van der Waals surface area contributed by atoms with Gasteiger partial charge in [0.05, 0.1) is 12.1 Å². The van der Waals surface area contributed by atoms with E-state index < -0.39 is 5.97 Å². The Morgan fingerprint density at radius 3 is 2.89 bits per heavy atom. The van der Waals surface area contributed by atoms with Crippen LogP contribution in [0.2, 0.25) is 5.02 Å². The number of rotatable bonds is 2. The molecule has 0 amide bonds. The van der Waals surface area contributed by atoms with Gasteiger partial charge in [-0.15, -0.1) is 0 Å². The first-order chi connectivity index (χ1) is 8.52. The van der Waals surface area contributed by atoms with Crippen molar-refractivity contribution in [2.24, 2.45) is 0 Å². The minimum absolute atomic E-state index is 0.142. The Labute approximate surface area is 121 Å². The predicted molar refractivity (Wildman–Crippen MR) is 76.0 cm³/mol. The topological polar surface area (TPSA) is 65.2 Å². The summed E-state index contributed by atoms with van der Waals surface area (Å²) in [5.74, 6) is -0.539. The fourth-order valence-electron chi connectivity index (χ4n) is 1.33. The van der Waals surface area contributed by atoms with Crippen molar-refractivity contribution >= 4 is 49.8 Å². The molecule has 2 aromatic rings. The molecule has 0 fully saturated rings. The van der Waals surface area contributed by atoms with E-state index in [1.165, 1.54) is 18.4 Å². The summed E-state index contributed by atoms with van der Waals surface area (Å²) in [5.41, 5.74) is 6.71. The number of nitrogens with two attached hydrogens (primary N) is 1. The first-order valence-electron chi connectivity index (χ1n) is 4.83. The van der Waals surface area contributed by atoms with Crippen molar-refractivity contribution in [1.82, 2.24) is 4.98 Å². The van der Waals surface area contributed by atoms with Crippen LogP contribution in [0.15, 0.2) is 22.7 Å². The molecule has 0 atom stereocenters. The van der Waals surface area contributed by atoms with E-state index in [1.54, 1.807) is 6.07 Å². The summed E-state index contributed by atoms with van der Waals surface area (Å²) in [6.07, 6.45) is 0. The number of aromatic nitrogens is 1. The molecule has 0 aliphatic heterocycles. The maximum atomic E-state index is 11.4. The number of thiazole rings is 1. The van der Waals surface area contributed by atoms with Crippen molar-refractivity contribution in [1.29, 1.82) is 0 Å². The average molecular weight is 348 g/mol. The van der Waals surface area contributed by atoms with Gasteiger partial charge >= 0.3 is 5.97 Å². The van der Waals surface area contributed by atoms with Crippen LogP contribution in [0.4, 0.5) is 5.00 Å². The summed E-state index contributed by atoms with van der Waals surface area (Å²) in [5, 5.41) is 1.59. The average Bonchev–Trinajstić information content (AvgIpc) is 2.74. The highest BCUT2D eigenvalue weighted by Crippen LogP contribution is 2.33. The molecule has 0 radical (unpaired) electrons. The Morgan fingerprint density at radius 2 is 2.28 bits per heavy atom. The molecule has 0 bridgehead atoms. The molecule has 2 N–H and O–H groups in total. The molecule has 0 aliphatic rings. The molecule has 0 saturated carbocycles. The molecule has 4 nitrogen and oxygen atoms in total. The van der Waals surface area contributed by atoms with Crippen LogP contribution in [0.3, 0.4) is 0 Å².